The Balaban J connectivity index is 2.01. The van der Waals surface area contributed by atoms with Gasteiger partial charge in [-0.1, -0.05) is 42.5 Å². The summed E-state index contributed by atoms with van der Waals surface area (Å²) in [4.78, 5) is 4.58. The normalized spacial score (nSPS) is 12.2. The smallest absolute Gasteiger partial charge is 0.187 e. The van der Waals surface area contributed by atoms with Crippen LogP contribution in [-0.2, 0) is 0 Å². The Morgan fingerprint density at radius 1 is 0.889 bits per heavy atom. The van der Waals surface area contributed by atoms with E-state index in [2.05, 4.69) is 58.8 Å². The minimum atomic E-state index is 0.651. The van der Waals surface area contributed by atoms with Gasteiger partial charge in [-0.2, -0.15) is 0 Å². The number of nitrogens with one attached hydrogen (secondary N) is 1. The molecule has 1 aliphatic rings. The van der Waals surface area contributed by atoms with Gasteiger partial charge >= 0.3 is 0 Å². The summed E-state index contributed by atoms with van der Waals surface area (Å²) < 4.78 is 11.6. The Labute approximate surface area is 157 Å². The summed E-state index contributed by atoms with van der Waals surface area (Å²) in [6, 6.07) is 16.7. The molecule has 4 heteroatoms. The Morgan fingerprint density at radius 3 is 2.56 bits per heavy atom. The highest BCUT2D eigenvalue weighted by molar-refractivity contribution is 6.12. The zero-order valence-electron chi connectivity index (χ0n) is 15.1. The van der Waals surface area contributed by atoms with E-state index < -0.39 is 0 Å². The fraction of sp³-hybridized carbons (Fsp3) is 0.0870. The highest BCUT2D eigenvalue weighted by atomic mass is 16.5. The molecule has 0 fully saturated rings. The van der Waals surface area contributed by atoms with E-state index in [0.29, 0.717) is 11.5 Å². The van der Waals surface area contributed by atoms with Crippen LogP contribution in [0, 0.1) is 0 Å². The van der Waals surface area contributed by atoms with Gasteiger partial charge in [-0.3, -0.25) is 4.98 Å². The number of hydrogen-bond acceptors (Lipinski definition) is 4. The van der Waals surface area contributed by atoms with Crippen molar-refractivity contribution in [1.82, 2.24) is 4.98 Å². The predicted octanol–water partition coefficient (Wildman–Crippen LogP) is 5.47. The maximum Gasteiger partial charge on any atom is 0.187 e. The van der Waals surface area contributed by atoms with Crippen molar-refractivity contribution in [3.8, 4) is 22.6 Å². The van der Waals surface area contributed by atoms with Crippen LogP contribution < -0.4 is 14.8 Å². The molecule has 2 heterocycles. The monoisotopic (exact) mass is 354 g/mol. The summed E-state index contributed by atoms with van der Waals surface area (Å²) in [6.45, 7) is 0. The summed E-state index contributed by atoms with van der Waals surface area (Å²) in [5.41, 5.74) is 5.02. The number of pyridine rings is 1. The first-order valence-electron chi connectivity index (χ1n) is 8.81. The average molecular weight is 354 g/mol. The van der Waals surface area contributed by atoms with Gasteiger partial charge in [0.15, 0.2) is 11.5 Å². The molecule has 0 aliphatic carbocycles. The minimum absolute atomic E-state index is 0.651. The van der Waals surface area contributed by atoms with Crippen molar-refractivity contribution in [2.45, 2.75) is 0 Å². The molecule has 0 amide bonds. The Hall–Kier alpha value is -3.53. The van der Waals surface area contributed by atoms with Crippen LogP contribution >= 0.6 is 0 Å². The van der Waals surface area contributed by atoms with Crippen LogP contribution in [0.2, 0.25) is 0 Å². The van der Waals surface area contributed by atoms with Crippen LogP contribution in [0.3, 0.4) is 0 Å². The van der Waals surface area contributed by atoms with Gasteiger partial charge in [-0.05, 0) is 34.0 Å². The number of benzene rings is 3. The van der Waals surface area contributed by atoms with Crippen molar-refractivity contribution in [3.05, 3.63) is 66.5 Å². The first-order valence-corrected chi connectivity index (χ1v) is 8.81. The highest BCUT2D eigenvalue weighted by Gasteiger charge is 2.25. The van der Waals surface area contributed by atoms with E-state index in [0.717, 1.165) is 33.3 Å². The number of nitrogens with zero attached hydrogens (tertiary/aromatic N) is 1. The van der Waals surface area contributed by atoms with E-state index in [1.807, 2.05) is 12.3 Å². The first-order chi connectivity index (χ1) is 13.3. The molecule has 1 N–H and O–H groups in total. The van der Waals surface area contributed by atoms with Gasteiger partial charge in [0.2, 0.25) is 0 Å². The van der Waals surface area contributed by atoms with E-state index in [9.17, 15) is 0 Å². The van der Waals surface area contributed by atoms with Crippen LogP contribution in [0.1, 0.15) is 5.56 Å². The molecule has 0 radical (unpaired) electrons. The molecule has 1 aromatic heterocycles. The quantitative estimate of drug-likeness (QED) is 0.530. The Bertz CT molecular complexity index is 1220. The van der Waals surface area contributed by atoms with Crippen LogP contribution in [-0.4, -0.2) is 19.2 Å². The van der Waals surface area contributed by atoms with Crippen molar-refractivity contribution in [2.24, 2.45) is 0 Å². The van der Waals surface area contributed by atoms with E-state index in [-0.39, 0.29) is 0 Å². The second-order valence-electron chi connectivity index (χ2n) is 6.44. The summed E-state index contributed by atoms with van der Waals surface area (Å²) in [6.07, 6.45) is 5.82. The third-order valence-corrected chi connectivity index (χ3v) is 5.09. The van der Waals surface area contributed by atoms with Gasteiger partial charge in [0.1, 0.15) is 5.52 Å². The lowest BCUT2D eigenvalue weighted by molar-refractivity contribution is 0.359. The molecule has 0 bridgehead atoms. The van der Waals surface area contributed by atoms with Gasteiger partial charge < -0.3 is 14.8 Å². The Kier molecular flexibility index (Phi) is 3.50. The standard InChI is InChI=1S/C23H18N2O2/c1-26-22-19(16-9-5-7-14-6-3-4-8-15(14)16)17-10-12-24-18-11-13-25-21(20(17)18)23(22)27-2/h3-13,24H,1-2H3. The summed E-state index contributed by atoms with van der Waals surface area (Å²) in [7, 11) is 3.34. The van der Waals surface area contributed by atoms with E-state index in [4.69, 9.17) is 9.47 Å². The molecule has 1 aliphatic heterocycles. The number of rotatable bonds is 3. The molecule has 4 nitrogen and oxygen atoms in total. The average Bonchev–Trinajstić information content (AvgIpc) is 2.73. The second-order valence-corrected chi connectivity index (χ2v) is 6.44. The van der Waals surface area contributed by atoms with E-state index in [1.54, 1.807) is 20.4 Å². The lowest BCUT2D eigenvalue weighted by atomic mass is 9.89. The van der Waals surface area contributed by atoms with Gasteiger partial charge in [-0.25, -0.2) is 0 Å². The number of aromatic nitrogens is 1. The maximum atomic E-state index is 5.87. The molecular formula is C23H18N2O2. The molecule has 0 unspecified atom stereocenters. The van der Waals surface area contributed by atoms with Crippen LogP contribution in [0.5, 0.6) is 11.5 Å². The van der Waals surface area contributed by atoms with Crippen LogP contribution in [0.15, 0.2) is 60.9 Å². The SMILES string of the molecule is COc1c(-c2cccc3ccccc23)c2c3c(ccnc3c1OC)NC=C2. The molecule has 0 saturated carbocycles. The minimum Gasteiger partial charge on any atom is -0.492 e. The van der Waals surface area contributed by atoms with E-state index >= 15 is 0 Å². The molecule has 0 atom stereocenters. The van der Waals surface area contributed by atoms with E-state index in [1.165, 1.54) is 10.8 Å². The third-order valence-electron chi connectivity index (χ3n) is 5.09. The third kappa shape index (κ3) is 2.20. The Morgan fingerprint density at radius 2 is 1.70 bits per heavy atom. The lowest BCUT2D eigenvalue weighted by Gasteiger charge is -2.23. The van der Waals surface area contributed by atoms with Crippen LogP contribution in [0.25, 0.3) is 38.9 Å². The van der Waals surface area contributed by atoms with Crippen molar-refractivity contribution in [2.75, 3.05) is 19.5 Å². The van der Waals surface area contributed by atoms with Crippen molar-refractivity contribution in [3.63, 3.8) is 0 Å². The highest BCUT2D eigenvalue weighted by Crippen LogP contribution is 2.50. The number of hydrogen-bond donors (Lipinski definition) is 1. The largest absolute Gasteiger partial charge is 0.492 e. The molecule has 132 valence electrons. The molecular weight excluding hydrogens is 336 g/mol. The fourth-order valence-electron chi connectivity index (χ4n) is 3.97. The fourth-order valence-corrected chi connectivity index (χ4v) is 3.97. The molecule has 4 aromatic rings. The van der Waals surface area contributed by atoms with Crippen molar-refractivity contribution >= 4 is 33.4 Å². The summed E-state index contributed by atoms with van der Waals surface area (Å²) in [5, 5.41) is 6.72. The van der Waals surface area contributed by atoms with Gasteiger partial charge in [0, 0.05) is 29.0 Å². The second kappa shape index (κ2) is 6.02. The van der Waals surface area contributed by atoms with Gasteiger partial charge in [-0.15, -0.1) is 0 Å². The number of methoxy groups -OCH3 is 2. The predicted molar refractivity (Wildman–Crippen MR) is 110 cm³/mol. The topological polar surface area (TPSA) is 43.4 Å². The lowest BCUT2D eigenvalue weighted by Crippen LogP contribution is -2.04. The number of anilines is 1. The van der Waals surface area contributed by atoms with Crippen molar-refractivity contribution in [1.29, 1.82) is 0 Å². The van der Waals surface area contributed by atoms with Gasteiger partial charge in [0.05, 0.1) is 14.2 Å². The van der Waals surface area contributed by atoms with Gasteiger partial charge in [0.25, 0.3) is 0 Å². The molecule has 27 heavy (non-hydrogen) atoms. The number of ether oxygens (including phenoxy) is 2. The maximum absolute atomic E-state index is 5.87. The van der Waals surface area contributed by atoms with Crippen LogP contribution in [0.4, 0.5) is 5.69 Å². The van der Waals surface area contributed by atoms with Crippen molar-refractivity contribution < 1.29 is 9.47 Å². The zero-order chi connectivity index (χ0) is 18.4. The zero-order valence-corrected chi connectivity index (χ0v) is 15.1. The summed E-state index contributed by atoms with van der Waals surface area (Å²) in [5.74, 6) is 1.35. The molecule has 0 spiro atoms. The number of fused-ring (bicyclic) bond motifs is 1. The summed E-state index contributed by atoms with van der Waals surface area (Å²) >= 11 is 0. The molecule has 5 rings (SSSR count). The first kappa shape index (κ1) is 15.7. The molecule has 3 aromatic carbocycles. The molecule has 0 saturated heterocycles.